The topological polar surface area (TPSA) is 37.3 Å². The number of nitrogens with zero attached hydrogens (tertiary/aromatic N) is 1. The second kappa shape index (κ2) is 14.4. The Labute approximate surface area is 170 Å². The molecule has 0 saturated heterocycles. The van der Waals surface area contributed by atoms with E-state index >= 15 is 0 Å². The molecule has 3 heteroatoms. The van der Waals surface area contributed by atoms with Crippen molar-refractivity contribution in [2.45, 2.75) is 123 Å². The van der Waals surface area contributed by atoms with Crippen molar-refractivity contribution in [1.29, 1.82) is 0 Å². The van der Waals surface area contributed by atoms with Gasteiger partial charge in [-0.25, -0.2) is 4.79 Å². The zero-order chi connectivity index (χ0) is 20.8. The minimum atomic E-state index is -0.702. The molecule has 0 fully saturated rings. The van der Waals surface area contributed by atoms with E-state index < -0.39 is 11.5 Å². The maximum absolute atomic E-state index is 12.2. The summed E-state index contributed by atoms with van der Waals surface area (Å²) < 4.78 is 0.498. The predicted molar refractivity (Wildman–Crippen MR) is 118 cm³/mol. The highest BCUT2D eigenvalue weighted by Gasteiger charge is 2.51. The molecule has 27 heavy (non-hydrogen) atoms. The van der Waals surface area contributed by atoms with Gasteiger partial charge in [-0.05, 0) is 12.8 Å². The van der Waals surface area contributed by atoms with Gasteiger partial charge in [0.05, 0.1) is 21.1 Å². The largest absolute Gasteiger partial charge is 0.477 e. The van der Waals surface area contributed by atoms with Gasteiger partial charge in [-0.3, -0.25) is 0 Å². The number of rotatable bonds is 18. The van der Waals surface area contributed by atoms with Crippen LogP contribution in [0.1, 0.15) is 117 Å². The molecular weight excluding hydrogens is 334 g/mol. The van der Waals surface area contributed by atoms with Crippen LogP contribution in [0.5, 0.6) is 0 Å². The summed E-state index contributed by atoms with van der Waals surface area (Å²) in [7, 11) is 6.14. The second-order valence-electron chi connectivity index (χ2n) is 9.63. The Bertz CT molecular complexity index is 375. The lowest BCUT2D eigenvalue weighted by molar-refractivity contribution is -0.916. The summed E-state index contributed by atoms with van der Waals surface area (Å²) in [6, 6.07) is 0. The van der Waals surface area contributed by atoms with Gasteiger partial charge < -0.3 is 9.59 Å². The van der Waals surface area contributed by atoms with Crippen molar-refractivity contribution in [1.82, 2.24) is 0 Å². The molecule has 0 aromatic rings. The number of unbranched alkanes of at least 4 members (excludes halogenated alkanes) is 11. The van der Waals surface area contributed by atoms with Gasteiger partial charge in [-0.2, -0.15) is 0 Å². The van der Waals surface area contributed by atoms with E-state index in [-0.39, 0.29) is 5.92 Å². The van der Waals surface area contributed by atoms with Gasteiger partial charge in [0.2, 0.25) is 0 Å². The van der Waals surface area contributed by atoms with Crippen molar-refractivity contribution < 1.29 is 14.4 Å². The van der Waals surface area contributed by atoms with E-state index in [1.54, 1.807) is 0 Å². The molecule has 0 aromatic carbocycles. The summed E-state index contributed by atoms with van der Waals surface area (Å²) in [5.41, 5.74) is -0.702. The molecule has 0 rings (SSSR count). The maximum Gasteiger partial charge on any atom is 0.365 e. The van der Waals surface area contributed by atoms with Gasteiger partial charge in [-0.15, -0.1) is 0 Å². The van der Waals surface area contributed by atoms with Crippen molar-refractivity contribution in [2.75, 3.05) is 21.1 Å². The fourth-order valence-electron chi connectivity index (χ4n) is 4.23. The molecule has 0 aliphatic heterocycles. The molecule has 2 atom stereocenters. The van der Waals surface area contributed by atoms with Crippen LogP contribution in [0.15, 0.2) is 0 Å². The maximum atomic E-state index is 12.2. The van der Waals surface area contributed by atoms with E-state index in [0.717, 1.165) is 12.8 Å². The number of carboxylic acid groups (broad SMARTS) is 1. The minimum Gasteiger partial charge on any atom is -0.477 e. The minimum absolute atomic E-state index is 0.261. The van der Waals surface area contributed by atoms with Crippen molar-refractivity contribution in [3.05, 3.63) is 0 Å². The van der Waals surface area contributed by atoms with Gasteiger partial charge in [0.1, 0.15) is 0 Å². The summed E-state index contributed by atoms with van der Waals surface area (Å²) in [6.07, 6.45) is 18.9. The molecule has 162 valence electrons. The molecule has 0 aliphatic carbocycles. The van der Waals surface area contributed by atoms with E-state index in [0.29, 0.717) is 4.48 Å². The SMILES string of the molecule is CCCCCCCCCCCC(CCCCCC)C(C)(C(=O)O)[N+](C)(C)C. The number of hydrogen-bond acceptors (Lipinski definition) is 1. The average molecular weight is 385 g/mol. The van der Waals surface area contributed by atoms with Gasteiger partial charge in [0, 0.05) is 12.8 Å². The molecule has 0 heterocycles. The van der Waals surface area contributed by atoms with Crippen molar-refractivity contribution in [3.8, 4) is 0 Å². The first-order chi connectivity index (χ1) is 12.7. The van der Waals surface area contributed by atoms with Crippen molar-refractivity contribution >= 4 is 5.97 Å². The number of carboxylic acids is 1. The summed E-state index contributed by atoms with van der Waals surface area (Å²) in [6.45, 7) is 6.47. The molecule has 0 amide bonds. The van der Waals surface area contributed by atoms with Crippen molar-refractivity contribution in [3.63, 3.8) is 0 Å². The van der Waals surface area contributed by atoms with Gasteiger partial charge in [0.15, 0.2) is 5.54 Å². The quantitative estimate of drug-likeness (QED) is 0.203. The van der Waals surface area contributed by atoms with Gasteiger partial charge >= 0.3 is 5.97 Å². The van der Waals surface area contributed by atoms with Crippen LogP contribution < -0.4 is 0 Å². The lowest BCUT2D eigenvalue weighted by Crippen LogP contribution is -2.64. The predicted octanol–water partition coefficient (Wildman–Crippen LogP) is 7.04. The first-order valence-electron chi connectivity index (χ1n) is 11.8. The molecular formula is C24H50NO2+. The first kappa shape index (κ1) is 26.4. The average Bonchev–Trinajstić information content (AvgIpc) is 2.60. The molecule has 0 spiro atoms. The van der Waals surface area contributed by atoms with E-state index in [2.05, 4.69) is 13.8 Å². The first-order valence-corrected chi connectivity index (χ1v) is 11.8. The van der Waals surface area contributed by atoms with Gasteiger partial charge in [-0.1, -0.05) is 97.3 Å². The van der Waals surface area contributed by atoms with Crippen LogP contribution in [-0.2, 0) is 4.79 Å². The molecule has 1 N–H and O–H groups in total. The van der Waals surface area contributed by atoms with Crippen LogP contribution in [0.25, 0.3) is 0 Å². The third-order valence-electron chi connectivity index (χ3n) is 6.68. The standard InChI is InChI=1S/C24H49NO2/c1-7-9-11-13-14-15-16-17-19-21-22(20-18-12-10-8-2)24(3,23(26)27)25(4,5)6/h22H,7-21H2,1-6H3/p+1. The number of hydrogen-bond donors (Lipinski definition) is 1. The van der Waals surface area contributed by atoms with Crippen LogP contribution in [0.4, 0.5) is 0 Å². The Hall–Kier alpha value is -0.570. The molecule has 0 aliphatic rings. The number of carbonyl (C=O) groups is 1. The van der Waals surface area contributed by atoms with E-state index in [9.17, 15) is 9.90 Å². The fourth-order valence-corrected chi connectivity index (χ4v) is 4.23. The van der Waals surface area contributed by atoms with E-state index in [4.69, 9.17) is 0 Å². The molecule has 0 aromatic heterocycles. The Balaban J connectivity index is 4.53. The highest BCUT2D eigenvalue weighted by atomic mass is 16.4. The highest BCUT2D eigenvalue weighted by molar-refractivity contribution is 5.77. The number of likely N-dealkylation sites (N-methyl/N-ethyl adjacent to an activating group) is 1. The Kier molecular flexibility index (Phi) is 14.1. The van der Waals surface area contributed by atoms with E-state index in [1.165, 1.54) is 83.5 Å². The molecule has 0 saturated carbocycles. The zero-order valence-corrected chi connectivity index (χ0v) is 19.5. The fraction of sp³-hybridized carbons (Fsp3) is 0.958. The van der Waals surface area contributed by atoms with Gasteiger partial charge in [0.25, 0.3) is 0 Å². The second-order valence-corrected chi connectivity index (χ2v) is 9.63. The Morgan fingerprint density at radius 3 is 1.41 bits per heavy atom. The number of quaternary nitrogens is 1. The zero-order valence-electron chi connectivity index (χ0n) is 19.5. The Morgan fingerprint density at radius 1 is 0.741 bits per heavy atom. The number of aliphatic carboxylic acids is 1. The van der Waals surface area contributed by atoms with E-state index in [1.807, 2.05) is 28.1 Å². The summed E-state index contributed by atoms with van der Waals surface area (Å²) in [5.74, 6) is -0.372. The summed E-state index contributed by atoms with van der Waals surface area (Å²) in [5, 5.41) is 10.1. The lowest BCUT2D eigenvalue weighted by Gasteiger charge is -2.45. The van der Waals surface area contributed by atoms with Crippen LogP contribution >= 0.6 is 0 Å². The molecule has 2 unspecified atom stereocenters. The summed E-state index contributed by atoms with van der Waals surface area (Å²) in [4.78, 5) is 12.2. The molecule has 0 radical (unpaired) electrons. The third-order valence-corrected chi connectivity index (χ3v) is 6.68. The highest BCUT2D eigenvalue weighted by Crippen LogP contribution is 2.36. The Morgan fingerprint density at radius 2 is 1.07 bits per heavy atom. The van der Waals surface area contributed by atoms with Crippen LogP contribution in [0.2, 0.25) is 0 Å². The van der Waals surface area contributed by atoms with Crippen LogP contribution in [-0.4, -0.2) is 42.2 Å². The molecule has 3 nitrogen and oxygen atoms in total. The van der Waals surface area contributed by atoms with Crippen LogP contribution in [0.3, 0.4) is 0 Å². The monoisotopic (exact) mass is 384 g/mol. The normalized spacial score (nSPS) is 15.5. The van der Waals surface area contributed by atoms with Crippen LogP contribution in [0, 0.1) is 5.92 Å². The summed E-state index contributed by atoms with van der Waals surface area (Å²) >= 11 is 0. The van der Waals surface area contributed by atoms with Crippen molar-refractivity contribution in [2.24, 2.45) is 5.92 Å². The molecule has 0 bridgehead atoms. The third kappa shape index (κ3) is 9.96. The smallest absolute Gasteiger partial charge is 0.365 e. The lowest BCUT2D eigenvalue weighted by atomic mass is 9.76.